The highest BCUT2D eigenvalue weighted by Crippen LogP contribution is 2.29. The number of halogens is 1. The lowest BCUT2D eigenvalue weighted by atomic mass is 10.1. The van der Waals surface area contributed by atoms with Gasteiger partial charge in [0.05, 0.1) is 11.3 Å². The maximum absolute atomic E-state index is 12.6. The van der Waals surface area contributed by atoms with Gasteiger partial charge in [0.1, 0.15) is 17.1 Å². The lowest BCUT2D eigenvalue weighted by molar-refractivity contribution is 0.0478. The quantitative estimate of drug-likeness (QED) is 0.309. The van der Waals surface area contributed by atoms with E-state index < -0.39 is 17.5 Å². The molecule has 0 aliphatic carbocycles. The van der Waals surface area contributed by atoms with Gasteiger partial charge in [-0.1, -0.05) is 15.9 Å². The van der Waals surface area contributed by atoms with Gasteiger partial charge in [0.2, 0.25) is 0 Å². The molecule has 0 atom stereocenters. The summed E-state index contributed by atoms with van der Waals surface area (Å²) < 4.78 is 16.4. The standard InChI is InChI=1S/C21H14BrNO6S/c1-11-7-17(23-20(25)15-3-2-6-27-15)30-19(11)21(26)28-10-12-8-18(24)29-16-9-13(22)4-5-14(12)16/h2-9H,10H2,1H3,(H,23,25). The van der Waals surface area contributed by atoms with Crippen molar-refractivity contribution in [3.63, 3.8) is 0 Å². The van der Waals surface area contributed by atoms with E-state index in [0.717, 1.165) is 15.8 Å². The number of furan rings is 1. The molecule has 9 heteroatoms. The van der Waals surface area contributed by atoms with Crippen LogP contribution in [0.4, 0.5) is 5.00 Å². The Kier molecular flexibility index (Phi) is 5.56. The maximum atomic E-state index is 12.6. The van der Waals surface area contributed by atoms with Crippen LogP contribution in [0, 0.1) is 6.92 Å². The van der Waals surface area contributed by atoms with Crippen LogP contribution >= 0.6 is 27.3 Å². The number of hydrogen-bond acceptors (Lipinski definition) is 7. The fraction of sp³-hybridized carbons (Fsp3) is 0.0952. The second-order valence-electron chi connectivity index (χ2n) is 6.36. The molecule has 0 saturated carbocycles. The molecule has 152 valence electrons. The largest absolute Gasteiger partial charge is 0.459 e. The molecule has 3 aromatic heterocycles. The van der Waals surface area contributed by atoms with Crippen molar-refractivity contribution in [1.82, 2.24) is 0 Å². The molecule has 4 aromatic rings. The van der Waals surface area contributed by atoms with Gasteiger partial charge in [-0.2, -0.15) is 0 Å². The van der Waals surface area contributed by atoms with Crippen LogP contribution < -0.4 is 10.9 Å². The van der Waals surface area contributed by atoms with Gasteiger partial charge in [-0.25, -0.2) is 9.59 Å². The second-order valence-corrected chi connectivity index (χ2v) is 8.33. The van der Waals surface area contributed by atoms with Crippen LogP contribution in [0.5, 0.6) is 0 Å². The lowest BCUT2D eigenvalue weighted by Crippen LogP contribution is -2.09. The van der Waals surface area contributed by atoms with E-state index in [1.807, 2.05) is 6.07 Å². The lowest BCUT2D eigenvalue weighted by Gasteiger charge is -2.07. The Bertz CT molecular complexity index is 1310. The fourth-order valence-corrected chi connectivity index (χ4v) is 4.16. The molecule has 0 saturated heterocycles. The van der Waals surface area contributed by atoms with Crippen molar-refractivity contribution in [2.45, 2.75) is 13.5 Å². The number of fused-ring (bicyclic) bond motifs is 1. The molecule has 0 aliphatic rings. The average Bonchev–Trinajstić information content (AvgIpc) is 3.35. The van der Waals surface area contributed by atoms with Crippen LogP contribution in [-0.4, -0.2) is 11.9 Å². The van der Waals surface area contributed by atoms with Gasteiger partial charge < -0.3 is 18.9 Å². The fourth-order valence-electron chi connectivity index (χ4n) is 2.86. The van der Waals surface area contributed by atoms with Crippen molar-refractivity contribution in [2.75, 3.05) is 5.32 Å². The number of thiophene rings is 1. The molecule has 0 radical (unpaired) electrons. The van der Waals surface area contributed by atoms with E-state index in [4.69, 9.17) is 13.6 Å². The molecule has 0 fully saturated rings. The Morgan fingerprint density at radius 1 is 1.20 bits per heavy atom. The molecule has 1 N–H and O–H groups in total. The first kappa shape index (κ1) is 20.1. The number of benzene rings is 1. The summed E-state index contributed by atoms with van der Waals surface area (Å²) in [5, 5.41) is 3.87. The smallest absolute Gasteiger partial charge is 0.348 e. The summed E-state index contributed by atoms with van der Waals surface area (Å²) in [4.78, 5) is 36.9. The number of esters is 1. The van der Waals surface area contributed by atoms with Crippen LogP contribution in [0.25, 0.3) is 11.0 Å². The first-order chi connectivity index (χ1) is 14.4. The minimum absolute atomic E-state index is 0.0893. The third-order valence-corrected chi connectivity index (χ3v) is 5.86. The minimum atomic E-state index is -0.547. The van der Waals surface area contributed by atoms with E-state index in [1.165, 1.54) is 12.3 Å². The molecule has 1 aromatic carbocycles. The second kappa shape index (κ2) is 8.29. The number of anilines is 1. The zero-order valence-electron chi connectivity index (χ0n) is 15.6. The number of ether oxygens (including phenoxy) is 1. The first-order valence-corrected chi connectivity index (χ1v) is 10.4. The van der Waals surface area contributed by atoms with Crippen LogP contribution in [0.1, 0.15) is 31.4 Å². The van der Waals surface area contributed by atoms with Gasteiger partial charge in [-0.15, -0.1) is 11.3 Å². The zero-order valence-corrected chi connectivity index (χ0v) is 18.0. The topological polar surface area (TPSA) is 98.8 Å². The summed E-state index contributed by atoms with van der Waals surface area (Å²) in [5.41, 5.74) is 1.09. The van der Waals surface area contributed by atoms with E-state index in [9.17, 15) is 14.4 Å². The van der Waals surface area contributed by atoms with Crippen LogP contribution in [0.15, 0.2) is 66.8 Å². The predicted molar refractivity (Wildman–Crippen MR) is 115 cm³/mol. The van der Waals surface area contributed by atoms with Gasteiger partial charge >= 0.3 is 11.6 Å². The number of nitrogens with one attached hydrogen (secondary N) is 1. The molecular weight excluding hydrogens is 474 g/mol. The summed E-state index contributed by atoms with van der Waals surface area (Å²) in [6.07, 6.45) is 1.41. The third kappa shape index (κ3) is 4.22. The van der Waals surface area contributed by atoms with Crippen molar-refractivity contribution >= 4 is 55.1 Å². The molecule has 7 nitrogen and oxygen atoms in total. The SMILES string of the molecule is Cc1cc(NC(=O)c2ccco2)sc1C(=O)OCc1cc(=O)oc2cc(Br)ccc12. The molecule has 4 rings (SSSR count). The molecule has 0 unspecified atom stereocenters. The highest BCUT2D eigenvalue weighted by molar-refractivity contribution is 9.10. The van der Waals surface area contributed by atoms with E-state index in [1.54, 1.807) is 37.3 Å². The monoisotopic (exact) mass is 487 g/mol. The number of aryl methyl sites for hydroxylation is 1. The highest BCUT2D eigenvalue weighted by Gasteiger charge is 2.18. The van der Waals surface area contributed by atoms with Crippen molar-refractivity contribution in [3.05, 3.63) is 85.4 Å². The molecule has 1 amide bonds. The summed E-state index contributed by atoms with van der Waals surface area (Å²) in [5.74, 6) is -0.782. The summed E-state index contributed by atoms with van der Waals surface area (Å²) in [6, 6.07) is 11.4. The summed E-state index contributed by atoms with van der Waals surface area (Å²) >= 11 is 4.43. The van der Waals surface area contributed by atoms with Gasteiger partial charge in [0.25, 0.3) is 5.91 Å². The summed E-state index contributed by atoms with van der Waals surface area (Å²) in [7, 11) is 0. The summed E-state index contributed by atoms with van der Waals surface area (Å²) in [6.45, 7) is 1.66. The maximum Gasteiger partial charge on any atom is 0.348 e. The van der Waals surface area contributed by atoms with Crippen molar-refractivity contribution in [2.24, 2.45) is 0 Å². The number of hydrogen-bond donors (Lipinski definition) is 1. The van der Waals surface area contributed by atoms with Gasteiger partial charge in [-0.3, -0.25) is 4.79 Å². The normalized spacial score (nSPS) is 10.9. The zero-order chi connectivity index (χ0) is 21.3. The number of amides is 1. The molecule has 0 aliphatic heterocycles. The molecular formula is C21H14BrNO6S. The van der Waals surface area contributed by atoms with Crippen molar-refractivity contribution in [3.8, 4) is 0 Å². The molecule has 30 heavy (non-hydrogen) atoms. The van der Waals surface area contributed by atoms with E-state index in [-0.39, 0.29) is 12.4 Å². The van der Waals surface area contributed by atoms with Crippen LogP contribution in [0.3, 0.4) is 0 Å². The highest BCUT2D eigenvalue weighted by atomic mass is 79.9. The van der Waals surface area contributed by atoms with Crippen molar-refractivity contribution < 1.29 is 23.2 Å². The minimum Gasteiger partial charge on any atom is -0.459 e. The van der Waals surface area contributed by atoms with E-state index in [2.05, 4.69) is 21.2 Å². The average molecular weight is 488 g/mol. The number of rotatable bonds is 5. The first-order valence-electron chi connectivity index (χ1n) is 8.75. The van der Waals surface area contributed by atoms with Gasteiger partial charge in [-0.05, 0) is 48.9 Å². The van der Waals surface area contributed by atoms with E-state index >= 15 is 0 Å². The molecule has 3 heterocycles. The Hall–Kier alpha value is -3.17. The van der Waals surface area contributed by atoms with Gasteiger partial charge in [0.15, 0.2) is 5.76 Å². The van der Waals surface area contributed by atoms with Crippen LogP contribution in [0.2, 0.25) is 0 Å². The predicted octanol–water partition coefficient (Wildman–Crippen LogP) is 5.13. The molecule has 0 bridgehead atoms. The van der Waals surface area contributed by atoms with Gasteiger partial charge in [0, 0.05) is 21.5 Å². The van der Waals surface area contributed by atoms with Crippen LogP contribution in [-0.2, 0) is 11.3 Å². The Balaban J connectivity index is 1.50. The Labute approximate surface area is 182 Å². The molecule has 0 spiro atoms. The number of carbonyl (C=O) groups is 2. The Morgan fingerprint density at radius 2 is 2.03 bits per heavy atom. The van der Waals surface area contributed by atoms with Crippen molar-refractivity contribution in [1.29, 1.82) is 0 Å². The number of carbonyl (C=O) groups excluding carboxylic acids is 2. The third-order valence-electron chi connectivity index (χ3n) is 4.24. The van der Waals surface area contributed by atoms with E-state index in [0.29, 0.717) is 32.0 Å². The Morgan fingerprint density at radius 3 is 2.80 bits per heavy atom.